The molecular weight excluding hydrogens is 363 g/mol. The van der Waals surface area contributed by atoms with E-state index in [1.54, 1.807) is 53.3 Å². The summed E-state index contributed by atoms with van der Waals surface area (Å²) in [5.74, 6) is 0.700. The van der Waals surface area contributed by atoms with Crippen molar-refractivity contribution < 1.29 is 18.8 Å². The minimum atomic E-state index is -2.60. The van der Waals surface area contributed by atoms with Crippen LogP contribution in [0, 0.1) is 0 Å². The summed E-state index contributed by atoms with van der Waals surface area (Å²) in [6.07, 6.45) is -0.557. The van der Waals surface area contributed by atoms with E-state index in [-0.39, 0.29) is 5.82 Å². The monoisotopic (exact) mass is 390 g/mol. The molecule has 146 valence electrons. The maximum absolute atomic E-state index is 12.5. The predicted octanol–water partition coefficient (Wildman–Crippen LogP) is 4.28. The Kier molecular flexibility index (Phi) is 6.32. The molecule has 0 aliphatic heterocycles. The van der Waals surface area contributed by atoms with E-state index in [4.69, 9.17) is 9.47 Å². The highest BCUT2D eigenvalue weighted by atomic mass is 31.2. The summed E-state index contributed by atoms with van der Waals surface area (Å²) < 4.78 is 23.8. The number of amides is 1. The molecule has 2 aromatic rings. The lowest BCUT2D eigenvalue weighted by molar-refractivity contribution is 0.0587. The summed E-state index contributed by atoms with van der Waals surface area (Å²) in [6, 6.07) is 13.1. The number of aromatic nitrogens is 1. The second kappa shape index (κ2) is 8.13. The Bertz CT molecular complexity index is 841. The van der Waals surface area contributed by atoms with E-state index in [0.717, 1.165) is 5.56 Å². The highest BCUT2D eigenvalue weighted by molar-refractivity contribution is 7.69. The van der Waals surface area contributed by atoms with Gasteiger partial charge < -0.3 is 14.0 Å². The molecular formula is C20H27N2O4P. The van der Waals surface area contributed by atoms with Crippen LogP contribution in [0.15, 0.2) is 42.5 Å². The summed E-state index contributed by atoms with van der Waals surface area (Å²) in [6.45, 7) is 8.98. The molecule has 0 radical (unpaired) electrons. The first-order valence-electron chi connectivity index (χ1n) is 8.67. The quantitative estimate of drug-likeness (QED) is 0.713. The van der Waals surface area contributed by atoms with Gasteiger partial charge >= 0.3 is 6.09 Å². The molecule has 0 saturated carbocycles. The minimum absolute atomic E-state index is 0.279. The first-order valence-corrected chi connectivity index (χ1v) is 11.3. The summed E-state index contributed by atoms with van der Waals surface area (Å²) in [4.78, 5) is 18.2. The fourth-order valence-corrected chi connectivity index (χ4v) is 3.00. The zero-order chi connectivity index (χ0) is 20.2. The van der Waals surface area contributed by atoms with Gasteiger partial charge in [-0.05, 0) is 51.8 Å². The third kappa shape index (κ3) is 6.10. The largest absolute Gasteiger partial charge is 0.485 e. The van der Waals surface area contributed by atoms with Gasteiger partial charge in [-0.2, -0.15) is 0 Å². The first-order chi connectivity index (χ1) is 12.5. The molecule has 1 aromatic carbocycles. The van der Waals surface area contributed by atoms with Gasteiger partial charge in [0.25, 0.3) is 0 Å². The zero-order valence-electron chi connectivity index (χ0n) is 16.7. The lowest BCUT2D eigenvalue weighted by Crippen LogP contribution is -2.35. The van der Waals surface area contributed by atoms with Gasteiger partial charge in [-0.3, -0.25) is 4.90 Å². The average molecular weight is 390 g/mol. The number of carbonyl (C=O) groups excluding carboxylic acids is 1. The lowest BCUT2D eigenvalue weighted by Gasteiger charge is -2.25. The van der Waals surface area contributed by atoms with Crippen molar-refractivity contribution in [2.24, 2.45) is 0 Å². The number of pyridine rings is 1. The van der Waals surface area contributed by atoms with Gasteiger partial charge in [0.2, 0.25) is 0 Å². The maximum Gasteiger partial charge on any atom is 0.415 e. The van der Waals surface area contributed by atoms with Crippen LogP contribution >= 0.6 is 7.14 Å². The highest BCUT2D eigenvalue weighted by Gasteiger charge is 2.25. The Morgan fingerprint density at radius 2 is 1.74 bits per heavy atom. The minimum Gasteiger partial charge on any atom is -0.485 e. The van der Waals surface area contributed by atoms with E-state index in [1.165, 1.54) is 4.90 Å². The third-order valence-electron chi connectivity index (χ3n) is 3.60. The number of benzene rings is 1. The van der Waals surface area contributed by atoms with E-state index in [9.17, 15) is 9.36 Å². The molecule has 6 nitrogen and oxygen atoms in total. The van der Waals surface area contributed by atoms with Gasteiger partial charge in [0, 0.05) is 7.05 Å². The molecule has 0 fully saturated rings. The van der Waals surface area contributed by atoms with E-state index in [0.29, 0.717) is 17.8 Å². The molecule has 0 saturated heterocycles. The molecule has 0 bridgehead atoms. The molecule has 2 rings (SSSR count). The second-order valence-electron chi connectivity index (χ2n) is 7.66. The summed E-state index contributed by atoms with van der Waals surface area (Å²) in [5, 5.41) is 0. The van der Waals surface area contributed by atoms with Crippen molar-refractivity contribution in [2.75, 3.05) is 25.3 Å². The molecule has 1 amide bonds. The molecule has 0 unspecified atom stereocenters. The molecule has 27 heavy (non-hydrogen) atoms. The van der Waals surface area contributed by atoms with E-state index >= 15 is 0 Å². The number of carbonyl (C=O) groups is 1. The van der Waals surface area contributed by atoms with Crippen molar-refractivity contribution in [3.63, 3.8) is 0 Å². The number of anilines is 1. The Balaban J connectivity index is 2.35. The molecule has 1 aromatic heterocycles. The van der Waals surface area contributed by atoms with Crippen LogP contribution in [0.5, 0.6) is 5.75 Å². The van der Waals surface area contributed by atoms with Crippen LogP contribution in [-0.2, 0) is 15.9 Å². The molecule has 1 heterocycles. The number of hydrogen-bond donors (Lipinski definition) is 0. The molecule has 0 atom stereocenters. The van der Waals surface area contributed by atoms with Crippen molar-refractivity contribution in [3.8, 4) is 5.75 Å². The van der Waals surface area contributed by atoms with Crippen LogP contribution in [0.4, 0.5) is 10.6 Å². The average Bonchev–Trinajstić information content (AvgIpc) is 2.57. The highest BCUT2D eigenvalue weighted by Crippen LogP contribution is 2.36. The number of nitrogens with zero attached hydrogens (tertiary/aromatic N) is 2. The molecule has 0 aliphatic rings. The van der Waals surface area contributed by atoms with Gasteiger partial charge in [-0.25, -0.2) is 9.78 Å². The number of rotatable bonds is 5. The van der Waals surface area contributed by atoms with Crippen molar-refractivity contribution in [3.05, 3.63) is 48.0 Å². The van der Waals surface area contributed by atoms with Crippen LogP contribution in [0.3, 0.4) is 0 Å². The standard InChI is InChI=1S/C20H27N2O4P/c1-20(2,3)26-19(23)22(4)18-16(12-13-17(21-18)27(5,6)24)25-14-15-10-8-7-9-11-15/h7-13H,14H2,1-6H3. The van der Waals surface area contributed by atoms with Crippen molar-refractivity contribution in [1.82, 2.24) is 4.98 Å². The topological polar surface area (TPSA) is 68.7 Å². The SMILES string of the molecule is CN(C(=O)OC(C)(C)C)c1nc(P(C)(C)=O)ccc1OCc1ccccc1. The number of hydrogen-bond acceptors (Lipinski definition) is 5. The summed E-state index contributed by atoms with van der Waals surface area (Å²) >= 11 is 0. The Hall–Kier alpha value is -2.33. The number of ether oxygens (including phenoxy) is 2. The van der Waals surface area contributed by atoms with Crippen molar-refractivity contribution in [1.29, 1.82) is 0 Å². The fourth-order valence-electron chi connectivity index (χ4n) is 2.23. The van der Waals surface area contributed by atoms with E-state index in [2.05, 4.69) is 4.98 Å². The molecule has 0 spiro atoms. The van der Waals surface area contributed by atoms with Gasteiger partial charge in [-0.15, -0.1) is 0 Å². The van der Waals surface area contributed by atoms with Crippen molar-refractivity contribution in [2.45, 2.75) is 33.0 Å². The maximum atomic E-state index is 12.5. The Labute approximate surface area is 160 Å². The van der Waals surface area contributed by atoms with Gasteiger partial charge in [0.1, 0.15) is 24.8 Å². The van der Waals surface area contributed by atoms with E-state index in [1.807, 2.05) is 30.3 Å². The fraction of sp³-hybridized carbons (Fsp3) is 0.400. The molecule has 7 heteroatoms. The molecule has 0 N–H and O–H groups in total. The summed E-state index contributed by atoms with van der Waals surface area (Å²) in [5.41, 5.74) is 0.780. The smallest absolute Gasteiger partial charge is 0.415 e. The van der Waals surface area contributed by atoms with Crippen LogP contribution in [0.2, 0.25) is 0 Å². The Morgan fingerprint density at radius 1 is 1.11 bits per heavy atom. The van der Waals surface area contributed by atoms with Crippen molar-refractivity contribution >= 4 is 24.5 Å². The van der Waals surface area contributed by atoms with Gasteiger partial charge in [-0.1, -0.05) is 30.3 Å². The van der Waals surface area contributed by atoms with Gasteiger partial charge in [0.05, 0.1) is 0 Å². The van der Waals surface area contributed by atoms with Crippen LogP contribution < -0.4 is 15.1 Å². The predicted molar refractivity (Wildman–Crippen MR) is 109 cm³/mol. The van der Waals surface area contributed by atoms with Crippen LogP contribution in [0.1, 0.15) is 26.3 Å². The first kappa shape index (κ1) is 21.0. The van der Waals surface area contributed by atoms with Crippen LogP contribution in [-0.4, -0.2) is 37.1 Å². The summed E-state index contributed by atoms with van der Waals surface area (Å²) in [7, 11) is -1.04. The molecule has 0 aliphatic carbocycles. The second-order valence-corrected chi connectivity index (χ2v) is 10.8. The van der Waals surface area contributed by atoms with E-state index < -0.39 is 18.8 Å². The lowest BCUT2D eigenvalue weighted by atomic mass is 10.2. The third-order valence-corrected chi connectivity index (χ3v) is 4.95. The van der Waals surface area contributed by atoms with Crippen LogP contribution in [0.25, 0.3) is 0 Å². The normalized spacial score (nSPS) is 11.8. The Morgan fingerprint density at radius 3 is 2.30 bits per heavy atom. The zero-order valence-corrected chi connectivity index (χ0v) is 17.6. The van der Waals surface area contributed by atoms with Gasteiger partial charge in [0.15, 0.2) is 11.6 Å².